The van der Waals surface area contributed by atoms with Gasteiger partial charge in [-0.25, -0.2) is 4.79 Å². The van der Waals surface area contributed by atoms with Crippen molar-refractivity contribution >= 4 is 5.97 Å². The van der Waals surface area contributed by atoms with Crippen molar-refractivity contribution in [1.82, 2.24) is 0 Å². The molecule has 6 atom stereocenters. The lowest BCUT2D eigenvalue weighted by Crippen LogP contribution is -2.31. The van der Waals surface area contributed by atoms with Crippen LogP contribution in [0.3, 0.4) is 0 Å². The molecule has 6 nitrogen and oxygen atoms in total. The predicted molar refractivity (Wildman–Crippen MR) is 167 cm³/mol. The van der Waals surface area contributed by atoms with Crippen LogP contribution in [0.4, 0.5) is 0 Å². The maximum Gasteiger partial charge on any atom is 0.334 e. The molecule has 0 saturated carbocycles. The summed E-state index contributed by atoms with van der Waals surface area (Å²) in [6.45, 7) is 4.15. The van der Waals surface area contributed by atoms with Gasteiger partial charge in [-0.3, -0.25) is 0 Å². The van der Waals surface area contributed by atoms with E-state index in [2.05, 4.69) is 6.92 Å². The van der Waals surface area contributed by atoms with E-state index in [1.807, 2.05) is 13.0 Å². The molecule has 0 radical (unpaired) electrons. The summed E-state index contributed by atoms with van der Waals surface area (Å²) >= 11 is 0. The van der Waals surface area contributed by atoms with Crippen LogP contribution in [0, 0.1) is 0 Å². The highest BCUT2D eigenvalue weighted by Gasteiger charge is 2.34. The SMILES string of the molecule is CCCCCCCCCCCC[C@@H](O)C1CC[C@@H]([C@H](O)CCCCC[C@H](O)CCCCCCC2=C[C@H](C)OC2=O)O1. The van der Waals surface area contributed by atoms with Gasteiger partial charge in [-0.05, 0) is 64.4 Å². The molecule has 2 aliphatic heterocycles. The minimum absolute atomic E-state index is 0.0812. The monoisotopic (exact) mass is 580 g/mol. The lowest BCUT2D eigenvalue weighted by Gasteiger charge is -2.22. The highest BCUT2D eigenvalue weighted by molar-refractivity contribution is 5.90. The van der Waals surface area contributed by atoms with Gasteiger partial charge >= 0.3 is 5.97 Å². The standard InChI is InChI=1S/C35H64O6/c1-3-4-5-6-7-8-9-10-11-18-23-31(37)33-25-26-34(41-33)32(38)24-19-14-17-22-30(36)21-16-13-12-15-20-29-27-28(2)40-35(29)39/h27-28,30-34,36-38H,3-26H2,1-2H3/t28-,30+,31+,32+,33?,34-/m0/s1. The zero-order chi connectivity index (χ0) is 29.7. The van der Waals surface area contributed by atoms with Crippen LogP contribution < -0.4 is 0 Å². The first-order valence-corrected chi connectivity index (χ1v) is 17.5. The largest absolute Gasteiger partial charge is 0.455 e. The molecule has 2 aliphatic rings. The summed E-state index contributed by atoms with van der Waals surface area (Å²) in [6.07, 6.45) is 26.2. The number of carbonyl (C=O) groups is 1. The van der Waals surface area contributed by atoms with Crippen LogP contribution in [-0.2, 0) is 14.3 Å². The number of hydrogen-bond donors (Lipinski definition) is 3. The molecule has 0 aromatic heterocycles. The van der Waals surface area contributed by atoms with Gasteiger partial charge in [0, 0.05) is 5.57 Å². The van der Waals surface area contributed by atoms with E-state index in [9.17, 15) is 20.1 Å². The molecule has 1 saturated heterocycles. The van der Waals surface area contributed by atoms with Gasteiger partial charge in [-0.15, -0.1) is 0 Å². The maximum atomic E-state index is 11.6. The van der Waals surface area contributed by atoms with Crippen molar-refractivity contribution in [3.05, 3.63) is 11.6 Å². The van der Waals surface area contributed by atoms with Gasteiger partial charge in [-0.2, -0.15) is 0 Å². The topological polar surface area (TPSA) is 96.2 Å². The van der Waals surface area contributed by atoms with Crippen LogP contribution in [0.25, 0.3) is 0 Å². The number of cyclic esters (lactones) is 1. The van der Waals surface area contributed by atoms with Gasteiger partial charge < -0.3 is 24.8 Å². The summed E-state index contributed by atoms with van der Waals surface area (Å²) in [5, 5.41) is 31.5. The van der Waals surface area contributed by atoms with Crippen LogP contribution in [0.2, 0.25) is 0 Å². The quantitative estimate of drug-likeness (QED) is 0.0707. The van der Waals surface area contributed by atoms with Crippen molar-refractivity contribution < 1.29 is 29.6 Å². The van der Waals surface area contributed by atoms with Crippen LogP contribution in [0.15, 0.2) is 11.6 Å². The molecule has 0 bridgehead atoms. The van der Waals surface area contributed by atoms with Gasteiger partial charge in [0.15, 0.2) is 0 Å². The number of rotatable bonds is 26. The van der Waals surface area contributed by atoms with Gasteiger partial charge in [0.25, 0.3) is 0 Å². The Morgan fingerprint density at radius 3 is 1.61 bits per heavy atom. The number of ether oxygens (including phenoxy) is 2. The van der Waals surface area contributed by atoms with Crippen molar-refractivity contribution in [3.8, 4) is 0 Å². The molecule has 0 aromatic carbocycles. The van der Waals surface area contributed by atoms with Gasteiger partial charge in [0.05, 0.1) is 30.5 Å². The summed E-state index contributed by atoms with van der Waals surface area (Å²) < 4.78 is 11.2. The van der Waals surface area contributed by atoms with Crippen molar-refractivity contribution in [1.29, 1.82) is 0 Å². The molecule has 41 heavy (non-hydrogen) atoms. The Labute approximate surface area is 251 Å². The smallest absolute Gasteiger partial charge is 0.334 e. The first kappa shape index (κ1) is 36.2. The van der Waals surface area contributed by atoms with E-state index in [1.54, 1.807) is 0 Å². The van der Waals surface area contributed by atoms with Crippen molar-refractivity contribution in [2.75, 3.05) is 0 Å². The van der Waals surface area contributed by atoms with E-state index in [0.717, 1.165) is 102 Å². The van der Waals surface area contributed by atoms with E-state index in [4.69, 9.17) is 9.47 Å². The molecule has 0 aromatic rings. The van der Waals surface area contributed by atoms with Gasteiger partial charge in [0.1, 0.15) is 6.10 Å². The Balaban J connectivity index is 1.39. The Morgan fingerprint density at radius 2 is 1.12 bits per heavy atom. The normalized spacial score (nSPS) is 23.0. The average molecular weight is 581 g/mol. The molecule has 0 spiro atoms. The first-order chi connectivity index (χ1) is 19.9. The molecule has 2 rings (SSSR count). The second-order valence-electron chi connectivity index (χ2n) is 12.9. The lowest BCUT2D eigenvalue weighted by atomic mass is 9.99. The van der Waals surface area contributed by atoms with E-state index in [1.165, 1.54) is 57.8 Å². The fraction of sp³-hybridized carbons (Fsp3) is 0.914. The highest BCUT2D eigenvalue weighted by Crippen LogP contribution is 2.28. The number of aliphatic hydroxyl groups is 3. The zero-order valence-electron chi connectivity index (χ0n) is 26.6. The molecule has 0 amide bonds. The molecule has 2 heterocycles. The second-order valence-corrected chi connectivity index (χ2v) is 12.9. The molecule has 240 valence electrons. The summed E-state index contributed by atoms with van der Waals surface area (Å²) in [5.74, 6) is -0.158. The summed E-state index contributed by atoms with van der Waals surface area (Å²) in [4.78, 5) is 11.6. The Kier molecular flexibility index (Phi) is 20.0. The van der Waals surface area contributed by atoms with Crippen molar-refractivity contribution in [2.24, 2.45) is 0 Å². The number of carbonyl (C=O) groups excluding carboxylic acids is 1. The van der Waals surface area contributed by atoms with Crippen molar-refractivity contribution in [2.45, 2.75) is 205 Å². The molecule has 0 aliphatic carbocycles. The summed E-state index contributed by atoms with van der Waals surface area (Å²) in [5.41, 5.74) is 0.819. The third-order valence-electron chi connectivity index (χ3n) is 9.06. The minimum Gasteiger partial charge on any atom is -0.455 e. The fourth-order valence-corrected chi connectivity index (χ4v) is 6.39. The van der Waals surface area contributed by atoms with Crippen LogP contribution in [0.5, 0.6) is 0 Å². The molecule has 6 heteroatoms. The second kappa shape index (κ2) is 22.6. The summed E-state index contributed by atoms with van der Waals surface area (Å²) in [7, 11) is 0. The van der Waals surface area contributed by atoms with Crippen molar-refractivity contribution in [3.63, 3.8) is 0 Å². The fourth-order valence-electron chi connectivity index (χ4n) is 6.39. The van der Waals surface area contributed by atoms with Crippen LogP contribution in [0.1, 0.15) is 168 Å². The maximum absolute atomic E-state index is 11.6. The lowest BCUT2D eigenvalue weighted by molar-refractivity contribution is -0.139. The first-order valence-electron chi connectivity index (χ1n) is 17.5. The molecular formula is C35H64O6. The Morgan fingerprint density at radius 1 is 0.683 bits per heavy atom. The number of hydrogen-bond acceptors (Lipinski definition) is 6. The zero-order valence-corrected chi connectivity index (χ0v) is 26.6. The number of unbranched alkanes of at least 4 members (excludes halogenated alkanes) is 14. The number of esters is 1. The average Bonchev–Trinajstić information content (AvgIpc) is 3.57. The van der Waals surface area contributed by atoms with E-state index in [-0.39, 0.29) is 30.4 Å². The summed E-state index contributed by atoms with van der Waals surface area (Å²) in [6, 6.07) is 0. The highest BCUT2D eigenvalue weighted by atomic mass is 16.5. The third-order valence-corrected chi connectivity index (χ3v) is 9.06. The van der Waals surface area contributed by atoms with E-state index >= 15 is 0 Å². The molecular weight excluding hydrogens is 516 g/mol. The Bertz CT molecular complexity index is 694. The van der Waals surface area contributed by atoms with E-state index < -0.39 is 12.2 Å². The van der Waals surface area contributed by atoms with Crippen LogP contribution in [-0.4, -0.2) is 57.9 Å². The van der Waals surface area contributed by atoms with Crippen LogP contribution >= 0.6 is 0 Å². The minimum atomic E-state index is -0.459. The third kappa shape index (κ3) is 16.5. The Hall–Kier alpha value is -0.950. The molecule has 1 fully saturated rings. The molecule has 1 unspecified atom stereocenters. The number of aliphatic hydroxyl groups excluding tert-OH is 3. The van der Waals surface area contributed by atoms with E-state index in [0.29, 0.717) is 0 Å². The van der Waals surface area contributed by atoms with Gasteiger partial charge in [0.2, 0.25) is 0 Å². The van der Waals surface area contributed by atoms with Gasteiger partial charge in [-0.1, -0.05) is 110 Å². The predicted octanol–water partition coefficient (Wildman–Crippen LogP) is 8.09. The molecule has 3 N–H and O–H groups in total.